The molecule has 1 saturated heterocycles. The molecular weight excluding hydrogens is 150 g/mol. The number of carbonyl (C=O) groups is 2. The molecule has 1 aliphatic heterocycles. The Morgan fingerprint density at radius 1 is 1.64 bits per heavy atom. The molecule has 0 aromatic rings. The second-order valence-electron chi connectivity index (χ2n) is 2.49. The van der Waals surface area contributed by atoms with Gasteiger partial charge in [-0.2, -0.15) is 0 Å². The summed E-state index contributed by atoms with van der Waals surface area (Å²) in [7, 11) is 0. The van der Waals surface area contributed by atoms with E-state index in [2.05, 4.69) is 5.32 Å². The molecule has 0 aromatic heterocycles. The number of rotatable bonds is 1. The van der Waals surface area contributed by atoms with Crippen molar-refractivity contribution in [1.82, 2.24) is 5.32 Å². The zero-order valence-electron chi connectivity index (χ0n) is 5.78. The minimum Gasteiger partial charge on any atom is -0.480 e. The highest BCUT2D eigenvalue weighted by atomic mass is 16.4. The minimum atomic E-state index is -1.19. The number of aliphatic hydroxyl groups is 1. The summed E-state index contributed by atoms with van der Waals surface area (Å²) in [6.45, 7) is 0. The third kappa shape index (κ3) is 1.68. The Labute approximate surface area is 63.0 Å². The summed E-state index contributed by atoms with van der Waals surface area (Å²) in [4.78, 5) is 21.0. The first kappa shape index (κ1) is 8.00. The second kappa shape index (κ2) is 2.87. The average Bonchev–Trinajstić information content (AvgIpc) is 1.94. The molecule has 1 amide bonds. The highest BCUT2D eigenvalue weighted by Crippen LogP contribution is 2.08. The molecule has 62 valence electrons. The van der Waals surface area contributed by atoms with Gasteiger partial charge in [0.1, 0.15) is 0 Å². The maximum absolute atomic E-state index is 10.6. The van der Waals surface area contributed by atoms with Crippen molar-refractivity contribution in [2.24, 2.45) is 0 Å². The summed E-state index contributed by atoms with van der Waals surface area (Å²) in [5, 5.41) is 19.7. The molecule has 0 bridgehead atoms. The van der Waals surface area contributed by atoms with Gasteiger partial charge >= 0.3 is 5.97 Å². The molecule has 5 heteroatoms. The van der Waals surface area contributed by atoms with Crippen molar-refractivity contribution in [3.63, 3.8) is 0 Å². The first-order chi connectivity index (χ1) is 5.11. The Hall–Kier alpha value is -1.10. The highest BCUT2D eigenvalue weighted by molar-refractivity contribution is 5.85. The van der Waals surface area contributed by atoms with E-state index in [1.165, 1.54) is 0 Å². The van der Waals surface area contributed by atoms with E-state index in [0.29, 0.717) is 0 Å². The number of hydrogen-bond donors (Lipinski definition) is 3. The van der Waals surface area contributed by atoms with Crippen LogP contribution in [0.3, 0.4) is 0 Å². The highest BCUT2D eigenvalue weighted by Gasteiger charge is 2.32. The Kier molecular flexibility index (Phi) is 2.09. The van der Waals surface area contributed by atoms with Crippen LogP contribution >= 0.6 is 0 Å². The predicted molar refractivity (Wildman–Crippen MR) is 34.8 cm³/mol. The number of hydrogen-bond acceptors (Lipinski definition) is 3. The summed E-state index contributed by atoms with van der Waals surface area (Å²) < 4.78 is 0. The van der Waals surface area contributed by atoms with Crippen LogP contribution in [0.15, 0.2) is 0 Å². The monoisotopic (exact) mass is 159 g/mol. The zero-order valence-corrected chi connectivity index (χ0v) is 5.78. The summed E-state index contributed by atoms with van der Waals surface area (Å²) >= 11 is 0. The lowest BCUT2D eigenvalue weighted by atomic mass is 10.0. The van der Waals surface area contributed by atoms with Gasteiger partial charge in [0, 0.05) is 6.42 Å². The van der Waals surface area contributed by atoms with Crippen molar-refractivity contribution < 1.29 is 19.8 Å². The van der Waals surface area contributed by atoms with Gasteiger partial charge in [0.2, 0.25) is 5.91 Å². The lowest BCUT2D eigenvalue weighted by molar-refractivity contribution is -0.147. The number of carbonyl (C=O) groups excluding carboxylic acids is 1. The summed E-state index contributed by atoms with van der Waals surface area (Å²) in [6.07, 6.45) is -0.529. The van der Waals surface area contributed by atoms with Crippen LogP contribution in [0.25, 0.3) is 0 Å². The van der Waals surface area contributed by atoms with Gasteiger partial charge in [-0.05, 0) is 6.42 Å². The van der Waals surface area contributed by atoms with E-state index >= 15 is 0 Å². The molecule has 0 aliphatic carbocycles. The lowest BCUT2D eigenvalue weighted by Gasteiger charge is -2.24. The van der Waals surface area contributed by atoms with Crippen LogP contribution in [0.5, 0.6) is 0 Å². The van der Waals surface area contributed by atoms with E-state index in [9.17, 15) is 9.59 Å². The number of piperidine rings is 1. The number of aliphatic hydroxyl groups excluding tert-OH is 1. The summed E-state index contributed by atoms with van der Waals surface area (Å²) in [6, 6.07) is -1.13. The third-order valence-electron chi connectivity index (χ3n) is 1.63. The Balaban J connectivity index is 2.61. The van der Waals surface area contributed by atoms with E-state index < -0.39 is 18.1 Å². The largest absolute Gasteiger partial charge is 0.480 e. The van der Waals surface area contributed by atoms with E-state index in [-0.39, 0.29) is 18.7 Å². The van der Waals surface area contributed by atoms with Gasteiger partial charge in [0.05, 0.1) is 6.10 Å². The Morgan fingerprint density at radius 3 is 2.73 bits per heavy atom. The van der Waals surface area contributed by atoms with Gasteiger partial charge in [-0.25, -0.2) is 4.79 Å². The molecule has 2 atom stereocenters. The van der Waals surface area contributed by atoms with Crippen molar-refractivity contribution >= 4 is 11.9 Å². The first-order valence-corrected chi connectivity index (χ1v) is 3.31. The molecule has 0 saturated carbocycles. The summed E-state index contributed by atoms with van der Waals surface area (Å²) in [5.74, 6) is -1.51. The van der Waals surface area contributed by atoms with Gasteiger partial charge in [0.15, 0.2) is 6.04 Å². The van der Waals surface area contributed by atoms with Crippen LogP contribution in [0.2, 0.25) is 0 Å². The minimum absolute atomic E-state index is 0.199. The molecule has 1 fully saturated rings. The molecule has 11 heavy (non-hydrogen) atoms. The number of aliphatic carboxylic acids is 1. The van der Waals surface area contributed by atoms with E-state index in [0.717, 1.165) is 0 Å². The SMILES string of the molecule is O=C1CCC(O)C(C(=O)O)N1. The topological polar surface area (TPSA) is 86.6 Å². The normalized spacial score (nSPS) is 31.2. The zero-order chi connectivity index (χ0) is 8.43. The first-order valence-electron chi connectivity index (χ1n) is 3.31. The van der Waals surface area contributed by atoms with Crippen molar-refractivity contribution in [2.75, 3.05) is 0 Å². The van der Waals surface area contributed by atoms with Crippen LogP contribution in [-0.2, 0) is 9.59 Å². The summed E-state index contributed by atoms with van der Waals surface area (Å²) in [5.41, 5.74) is 0. The lowest BCUT2D eigenvalue weighted by Crippen LogP contribution is -2.52. The number of amides is 1. The van der Waals surface area contributed by atoms with Crippen LogP contribution in [0.4, 0.5) is 0 Å². The number of carboxylic acid groups (broad SMARTS) is 1. The molecule has 3 N–H and O–H groups in total. The number of nitrogens with one attached hydrogen (secondary N) is 1. The maximum Gasteiger partial charge on any atom is 0.328 e. The Morgan fingerprint density at radius 2 is 2.27 bits per heavy atom. The van der Waals surface area contributed by atoms with Crippen molar-refractivity contribution in [3.05, 3.63) is 0 Å². The van der Waals surface area contributed by atoms with Crippen LogP contribution < -0.4 is 5.32 Å². The molecule has 1 rings (SSSR count). The molecule has 0 radical (unpaired) electrons. The Bertz CT molecular complexity index is 191. The standard InChI is InChI=1S/C6H9NO4/c8-3-1-2-4(9)7-5(3)6(10)11/h3,5,8H,1-2H2,(H,7,9)(H,10,11). The van der Waals surface area contributed by atoms with Gasteiger partial charge in [0.25, 0.3) is 0 Å². The molecule has 1 heterocycles. The van der Waals surface area contributed by atoms with Gasteiger partial charge in [-0.1, -0.05) is 0 Å². The molecule has 5 nitrogen and oxygen atoms in total. The van der Waals surface area contributed by atoms with Gasteiger partial charge in [-0.15, -0.1) is 0 Å². The third-order valence-corrected chi connectivity index (χ3v) is 1.63. The van der Waals surface area contributed by atoms with Crippen molar-refractivity contribution in [1.29, 1.82) is 0 Å². The quantitative estimate of drug-likeness (QED) is 0.444. The van der Waals surface area contributed by atoms with Crippen LogP contribution in [-0.4, -0.2) is 34.2 Å². The average molecular weight is 159 g/mol. The molecule has 0 aromatic carbocycles. The molecule has 0 spiro atoms. The van der Waals surface area contributed by atoms with E-state index in [1.807, 2.05) is 0 Å². The molecular formula is C6H9NO4. The van der Waals surface area contributed by atoms with E-state index in [1.54, 1.807) is 0 Å². The number of carboxylic acids is 1. The smallest absolute Gasteiger partial charge is 0.328 e. The van der Waals surface area contributed by atoms with Gasteiger partial charge in [-0.3, -0.25) is 4.79 Å². The fraction of sp³-hybridized carbons (Fsp3) is 0.667. The van der Waals surface area contributed by atoms with Crippen LogP contribution in [0.1, 0.15) is 12.8 Å². The molecule has 2 unspecified atom stereocenters. The van der Waals surface area contributed by atoms with Gasteiger partial charge < -0.3 is 15.5 Å². The van der Waals surface area contributed by atoms with Crippen molar-refractivity contribution in [3.8, 4) is 0 Å². The predicted octanol–water partition coefficient (Wildman–Crippen LogP) is -1.29. The van der Waals surface area contributed by atoms with E-state index in [4.69, 9.17) is 10.2 Å². The second-order valence-corrected chi connectivity index (χ2v) is 2.49. The van der Waals surface area contributed by atoms with Crippen molar-refractivity contribution in [2.45, 2.75) is 25.0 Å². The fourth-order valence-corrected chi connectivity index (χ4v) is 1.01. The maximum atomic E-state index is 10.6. The van der Waals surface area contributed by atoms with Crippen LogP contribution in [0, 0.1) is 0 Å². The molecule has 1 aliphatic rings. The fourth-order valence-electron chi connectivity index (χ4n) is 1.01.